The smallest absolute Gasteiger partial charge is 0.227 e. The van der Waals surface area contributed by atoms with Gasteiger partial charge in [0.25, 0.3) is 0 Å². The predicted octanol–water partition coefficient (Wildman–Crippen LogP) is 6.74. The third-order valence-corrected chi connectivity index (χ3v) is 6.64. The quantitative estimate of drug-likeness (QED) is 0.119. The summed E-state index contributed by atoms with van der Waals surface area (Å²) in [5, 5.41) is 4.20. The van der Waals surface area contributed by atoms with Gasteiger partial charge in [0.1, 0.15) is 0 Å². The fraction of sp³-hybridized carbons (Fsp3) is 0.529. The minimum atomic E-state index is -0.189. The van der Waals surface area contributed by atoms with Gasteiger partial charge in [-0.15, -0.1) is 0 Å². The van der Waals surface area contributed by atoms with Crippen molar-refractivity contribution >= 4 is 23.2 Å². The van der Waals surface area contributed by atoms with Gasteiger partial charge in [0.15, 0.2) is 0 Å². The molecule has 0 fully saturated rings. The van der Waals surface area contributed by atoms with Crippen LogP contribution in [0.4, 0.5) is 0 Å². The summed E-state index contributed by atoms with van der Waals surface area (Å²) in [4.78, 5) is 30.6. The molecule has 2 rings (SSSR count). The average molecular weight is 569 g/mol. The van der Waals surface area contributed by atoms with Crippen LogP contribution in [0.25, 0.3) is 10.9 Å². The summed E-state index contributed by atoms with van der Waals surface area (Å²) in [7, 11) is 1.67. The molecule has 0 aliphatic carbocycles. The lowest BCUT2D eigenvalue weighted by molar-refractivity contribution is -0.123. The van der Waals surface area contributed by atoms with E-state index in [1.807, 2.05) is 58.2 Å². The zero-order valence-electron chi connectivity index (χ0n) is 26.8. The van der Waals surface area contributed by atoms with Crippen LogP contribution < -0.4 is 5.32 Å². The van der Waals surface area contributed by atoms with Gasteiger partial charge in [-0.2, -0.15) is 0 Å². The number of carbonyl (C=O) groups is 2. The van der Waals surface area contributed by atoms with E-state index in [1.165, 1.54) is 18.2 Å². The van der Waals surface area contributed by atoms with Crippen LogP contribution in [0.3, 0.4) is 0 Å². The molecular weight excluding hydrogens is 512 g/mol. The van der Waals surface area contributed by atoms with E-state index in [0.717, 1.165) is 61.2 Å². The first-order chi connectivity index (χ1) is 19.8. The van der Waals surface area contributed by atoms with Crippen molar-refractivity contribution in [3.05, 3.63) is 72.5 Å². The van der Waals surface area contributed by atoms with E-state index in [-0.39, 0.29) is 11.8 Å². The van der Waals surface area contributed by atoms with Gasteiger partial charge in [-0.05, 0) is 57.0 Å². The molecule has 1 heterocycles. The number of amides is 2. The van der Waals surface area contributed by atoms with E-state index in [2.05, 4.69) is 48.3 Å². The first kappa shape index (κ1) is 37.8. The van der Waals surface area contributed by atoms with Crippen molar-refractivity contribution in [3.8, 4) is 0 Å². The molecule has 1 atom stereocenters. The van der Waals surface area contributed by atoms with Crippen LogP contribution in [0.5, 0.6) is 0 Å². The zero-order valence-corrected chi connectivity index (χ0v) is 26.8. The highest BCUT2D eigenvalue weighted by atomic mass is 16.5. The highest BCUT2D eigenvalue weighted by Crippen LogP contribution is 2.19. The second kappa shape index (κ2) is 23.5. The Morgan fingerprint density at radius 3 is 2.44 bits per heavy atom. The van der Waals surface area contributed by atoms with Crippen LogP contribution in [-0.4, -0.2) is 73.5 Å². The van der Waals surface area contributed by atoms with Gasteiger partial charge in [-0.25, -0.2) is 0 Å². The Morgan fingerprint density at radius 2 is 1.85 bits per heavy atom. The van der Waals surface area contributed by atoms with Crippen LogP contribution in [0.15, 0.2) is 66.9 Å². The molecule has 2 amide bonds. The van der Waals surface area contributed by atoms with Crippen molar-refractivity contribution in [1.82, 2.24) is 20.1 Å². The third-order valence-electron chi connectivity index (χ3n) is 6.64. The lowest BCUT2D eigenvalue weighted by Crippen LogP contribution is -2.38. The maximum atomic E-state index is 12.2. The maximum Gasteiger partial charge on any atom is 0.227 e. The molecule has 2 aromatic rings. The Labute approximate surface area is 249 Å². The van der Waals surface area contributed by atoms with Crippen LogP contribution in [0.2, 0.25) is 0 Å². The molecule has 0 radical (unpaired) electrons. The summed E-state index contributed by atoms with van der Waals surface area (Å²) in [6, 6.07) is 8.11. The topological polar surface area (TPSA) is 77.7 Å². The van der Waals surface area contributed by atoms with Crippen molar-refractivity contribution < 1.29 is 14.3 Å². The normalized spacial score (nSPS) is 11.6. The van der Waals surface area contributed by atoms with Crippen molar-refractivity contribution in [3.63, 3.8) is 0 Å². The van der Waals surface area contributed by atoms with Crippen LogP contribution in [-0.2, 0) is 20.9 Å². The summed E-state index contributed by atoms with van der Waals surface area (Å²) in [6.45, 7) is 25.6. The van der Waals surface area contributed by atoms with Gasteiger partial charge in [0.2, 0.25) is 12.3 Å². The van der Waals surface area contributed by atoms with Crippen LogP contribution >= 0.6 is 0 Å². The number of hydrogen-bond acceptors (Lipinski definition) is 4. The average Bonchev–Trinajstić information content (AvgIpc) is 3.40. The Hall–Kier alpha value is -3.16. The monoisotopic (exact) mass is 568 g/mol. The number of nitrogens with zero attached hydrogens (tertiary/aromatic N) is 2. The van der Waals surface area contributed by atoms with Gasteiger partial charge in [0.05, 0.1) is 5.92 Å². The van der Waals surface area contributed by atoms with Crippen LogP contribution in [0.1, 0.15) is 66.4 Å². The second-order valence-electron chi connectivity index (χ2n) is 9.72. The Kier molecular flexibility index (Phi) is 21.7. The minimum Gasteiger partial charge on any atom is -0.385 e. The molecule has 0 saturated carbocycles. The first-order valence-corrected chi connectivity index (χ1v) is 15.0. The standard InChI is InChI=1S/C18H32N2O.C14H18N2O2.C2H6/c1-7-10-13-20(9-3)14-12-19-18(21)16(6)17(11-8-2)15(4)5;1-18-8-4-7-16(11-17)10-12-9-15-14-6-3-2-5-13(12)14;1-2/h8,11,16H,2,4,7,9-10,12-14H2,1,3,5-6H3,(H,19,21);2-3,5-6,9,11,15H,4,7-8,10H2,1H3;1-2H3/b17-11+;;. The summed E-state index contributed by atoms with van der Waals surface area (Å²) in [5.41, 5.74) is 4.11. The van der Waals surface area contributed by atoms with E-state index < -0.39 is 0 Å². The molecule has 1 aromatic heterocycles. The van der Waals surface area contributed by atoms with Crippen LogP contribution in [0, 0.1) is 5.92 Å². The van der Waals surface area contributed by atoms with E-state index in [1.54, 1.807) is 18.1 Å². The van der Waals surface area contributed by atoms with Gasteiger partial charge >= 0.3 is 0 Å². The lowest BCUT2D eigenvalue weighted by Gasteiger charge is -2.21. The van der Waals surface area contributed by atoms with E-state index in [4.69, 9.17) is 4.74 Å². The highest BCUT2D eigenvalue weighted by molar-refractivity contribution is 5.83. The lowest BCUT2D eigenvalue weighted by atomic mass is 9.94. The number of unbranched alkanes of at least 4 members (excludes halogenated alkanes) is 1. The van der Waals surface area contributed by atoms with Gasteiger partial charge in [-0.1, -0.05) is 83.2 Å². The minimum absolute atomic E-state index is 0.0534. The number of rotatable bonds is 18. The van der Waals surface area contributed by atoms with Gasteiger partial charge in [-0.3, -0.25) is 9.59 Å². The molecule has 41 heavy (non-hydrogen) atoms. The number of nitrogens with one attached hydrogen (secondary N) is 2. The number of para-hydroxylation sites is 1. The molecule has 7 heteroatoms. The molecule has 1 unspecified atom stereocenters. The number of aromatic nitrogens is 1. The van der Waals surface area contributed by atoms with E-state index in [0.29, 0.717) is 19.7 Å². The number of aromatic amines is 1. The third kappa shape index (κ3) is 14.9. The molecule has 0 aliphatic heterocycles. The molecule has 0 bridgehead atoms. The zero-order chi connectivity index (χ0) is 31.0. The number of benzene rings is 1. The number of fused-ring (bicyclic) bond motifs is 1. The molecule has 1 aromatic carbocycles. The number of allylic oxidation sites excluding steroid dienone is 3. The highest BCUT2D eigenvalue weighted by Gasteiger charge is 2.17. The maximum absolute atomic E-state index is 12.2. The molecule has 7 nitrogen and oxygen atoms in total. The van der Waals surface area contributed by atoms with Crippen molar-refractivity contribution in [2.75, 3.05) is 46.4 Å². The SMILES string of the molecule is C=C/C=C(\C(=C)C)C(C)C(=O)NCCN(CC)CCCC.CC.COCCCN(C=O)Cc1c[nH]c2ccccc12. The number of carbonyl (C=O) groups excluding carboxylic acids is 2. The van der Waals surface area contributed by atoms with E-state index >= 15 is 0 Å². The second-order valence-corrected chi connectivity index (χ2v) is 9.72. The number of H-pyrrole nitrogens is 1. The van der Waals surface area contributed by atoms with Crippen molar-refractivity contribution in [2.24, 2.45) is 5.92 Å². The fourth-order valence-electron chi connectivity index (χ4n) is 4.29. The number of likely N-dealkylation sites (N-methyl/N-ethyl adjacent to an activating group) is 1. The van der Waals surface area contributed by atoms with Crippen molar-refractivity contribution in [1.29, 1.82) is 0 Å². The Balaban J connectivity index is 0.000000741. The van der Waals surface area contributed by atoms with Crippen molar-refractivity contribution in [2.45, 2.75) is 67.3 Å². The molecule has 0 aliphatic rings. The molecule has 0 saturated heterocycles. The Morgan fingerprint density at radius 1 is 1.15 bits per heavy atom. The summed E-state index contributed by atoms with van der Waals surface area (Å²) < 4.78 is 4.99. The first-order valence-electron chi connectivity index (χ1n) is 15.0. The number of hydrogen-bond donors (Lipinski definition) is 2. The molecule has 0 spiro atoms. The molecule has 2 N–H and O–H groups in total. The van der Waals surface area contributed by atoms with Gasteiger partial charge < -0.3 is 24.8 Å². The van der Waals surface area contributed by atoms with Gasteiger partial charge in [0, 0.05) is 57.0 Å². The number of methoxy groups -OCH3 is 1. The van der Waals surface area contributed by atoms with E-state index in [9.17, 15) is 9.59 Å². The molecular formula is C34H56N4O3. The number of ether oxygens (including phenoxy) is 1. The Bertz CT molecular complexity index is 1040. The summed E-state index contributed by atoms with van der Waals surface area (Å²) >= 11 is 0. The summed E-state index contributed by atoms with van der Waals surface area (Å²) in [5.74, 6) is -0.135. The predicted molar refractivity (Wildman–Crippen MR) is 175 cm³/mol. The summed E-state index contributed by atoms with van der Waals surface area (Å²) in [6.07, 6.45) is 9.71. The molecule has 230 valence electrons. The fourth-order valence-corrected chi connectivity index (χ4v) is 4.29. The largest absolute Gasteiger partial charge is 0.385 e.